The van der Waals surface area contributed by atoms with Crippen molar-refractivity contribution in [1.29, 1.82) is 5.41 Å². The van der Waals surface area contributed by atoms with E-state index >= 15 is 0 Å². The maximum Gasteiger partial charge on any atom is 0.331 e. The van der Waals surface area contributed by atoms with E-state index in [1.807, 2.05) is 0 Å². The first-order chi connectivity index (χ1) is 12.7. The lowest BCUT2D eigenvalue weighted by Crippen LogP contribution is -2.40. The predicted octanol–water partition coefficient (Wildman–Crippen LogP) is 2.56. The number of carbonyl (C=O) groups is 3. The highest BCUT2D eigenvalue weighted by Crippen LogP contribution is 2.20. The van der Waals surface area contributed by atoms with E-state index in [1.165, 1.54) is 12.2 Å². The number of benzene rings is 1. The van der Waals surface area contributed by atoms with E-state index in [-0.39, 0.29) is 17.5 Å². The topological polar surface area (TPSA) is 108 Å². The van der Waals surface area contributed by atoms with Gasteiger partial charge in [0, 0.05) is 23.7 Å². The molecule has 0 aromatic heterocycles. The summed E-state index contributed by atoms with van der Waals surface area (Å²) < 4.78 is 5.19. The molecule has 0 spiro atoms. The van der Waals surface area contributed by atoms with Gasteiger partial charge in [0.15, 0.2) is 0 Å². The Balaban J connectivity index is 2.12. The molecule has 0 bridgehead atoms. The summed E-state index contributed by atoms with van der Waals surface area (Å²) in [6, 6.07) is 6.48. The van der Waals surface area contributed by atoms with Gasteiger partial charge in [-0.1, -0.05) is 18.2 Å². The minimum absolute atomic E-state index is 0.106. The number of ether oxygens (including phenoxy) is 1. The number of hydrogen-bond donors (Lipinski definition) is 3. The number of rotatable bonds is 5. The molecule has 0 saturated carbocycles. The lowest BCUT2D eigenvalue weighted by atomic mass is 10.0. The first kappa shape index (κ1) is 20.4. The van der Waals surface area contributed by atoms with Crippen LogP contribution < -0.4 is 10.6 Å². The van der Waals surface area contributed by atoms with E-state index in [1.54, 1.807) is 45.0 Å². The summed E-state index contributed by atoms with van der Waals surface area (Å²) in [6.45, 7) is 5.31. The van der Waals surface area contributed by atoms with Crippen LogP contribution in [0.1, 0.15) is 45.6 Å². The van der Waals surface area contributed by atoms with Gasteiger partial charge in [0.05, 0.1) is 5.71 Å². The molecule has 1 aromatic rings. The Hall–Kier alpha value is -2.96. The molecule has 2 amide bonds. The molecule has 27 heavy (non-hydrogen) atoms. The average molecular weight is 371 g/mol. The lowest BCUT2D eigenvalue weighted by molar-refractivity contribution is -0.148. The third-order valence-electron chi connectivity index (χ3n) is 3.82. The van der Waals surface area contributed by atoms with Crippen molar-refractivity contribution >= 4 is 29.2 Å². The Kier molecular flexibility index (Phi) is 6.50. The fourth-order valence-electron chi connectivity index (χ4n) is 2.63. The van der Waals surface area contributed by atoms with E-state index in [9.17, 15) is 14.4 Å². The Bertz CT molecular complexity index is 778. The molecule has 1 aliphatic heterocycles. The van der Waals surface area contributed by atoms with Gasteiger partial charge < -0.3 is 15.5 Å². The number of amides is 2. The van der Waals surface area contributed by atoms with Crippen molar-refractivity contribution in [1.82, 2.24) is 5.32 Å². The standard InChI is InChI=1S/C20H25N3O4/c1-20(2,3)27-18(25)12-11-14(21)13-7-4-5-8-15(13)22-16-9-6-10-17(24)23-19(16)26/h4-5,7-8,11-12,16,21-22H,6,9-10H2,1-3H3,(H,23,24,26)/b12-11+,21-14?. The first-order valence-corrected chi connectivity index (χ1v) is 8.85. The van der Waals surface area contributed by atoms with Gasteiger partial charge in [0.2, 0.25) is 11.8 Å². The smallest absolute Gasteiger partial charge is 0.331 e. The number of nitrogens with one attached hydrogen (secondary N) is 3. The SMILES string of the molecule is CC(C)(C)OC(=O)/C=C/C(=N)c1ccccc1NC1CCCC(=O)NC1=O. The van der Waals surface area contributed by atoms with Crippen LogP contribution in [0.25, 0.3) is 0 Å². The zero-order valence-corrected chi connectivity index (χ0v) is 15.8. The molecule has 1 saturated heterocycles. The fraction of sp³-hybridized carbons (Fsp3) is 0.400. The normalized spacial score (nSPS) is 18.0. The van der Waals surface area contributed by atoms with Crippen LogP contribution in [0.2, 0.25) is 0 Å². The number of imide groups is 1. The molecule has 1 unspecified atom stereocenters. The maximum atomic E-state index is 12.1. The van der Waals surface area contributed by atoms with E-state index in [2.05, 4.69) is 10.6 Å². The Morgan fingerprint density at radius 1 is 1.26 bits per heavy atom. The zero-order valence-electron chi connectivity index (χ0n) is 15.8. The highest BCUT2D eigenvalue weighted by molar-refractivity contribution is 6.12. The third kappa shape index (κ3) is 6.36. The fourth-order valence-corrected chi connectivity index (χ4v) is 2.63. The van der Waals surface area contributed by atoms with Crippen molar-refractivity contribution in [3.8, 4) is 0 Å². The summed E-state index contributed by atoms with van der Waals surface area (Å²) in [4.78, 5) is 35.4. The van der Waals surface area contributed by atoms with E-state index < -0.39 is 17.6 Å². The van der Waals surface area contributed by atoms with Crippen molar-refractivity contribution in [3.05, 3.63) is 42.0 Å². The van der Waals surface area contributed by atoms with Gasteiger partial charge in [0.1, 0.15) is 11.6 Å². The number of allylic oxidation sites excluding steroid dienone is 1. The van der Waals surface area contributed by atoms with E-state index in [0.29, 0.717) is 30.5 Å². The molecule has 0 aliphatic carbocycles. The van der Waals surface area contributed by atoms with Gasteiger partial charge in [0.25, 0.3) is 0 Å². The predicted molar refractivity (Wildman–Crippen MR) is 103 cm³/mol. The second-order valence-corrected chi connectivity index (χ2v) is 7.33. The quantitative estimate of drug-likeness (QED) is 0.319. The number of esters is 1. The van der Waals surface area contributed by atoms with Crippen LogP contribution in [0.3, 0.4) is 0 Å². The molecule has 0 radical (unpaired) electrons. The third-order valence-corrected chi connectivity index (χ3v) is 3.82. The largest absolute Gasteiger partial charge is 0.457 e. The molecule has 7 heteroatoms. The molecule has 2 rings (SSSR count). The van der Waals surface area contributed by atoms with Crippen LogP contribution in [0, 0.1) is 5.41 Å². The summed E-state index contributed by atoms with van der Waals surface area (Å²) in [5.74, 6) is -1.17. The van der Waals surface area contributed by atoms with Crippen LogP contribution in [0.4, 0.5) is 5.69 Å². The van der Waals surface area contributed by atoms with Gasteiger partial charge in [-0.3, -0.25) is 14.9 Å². The van der Waals surface area contributed by atoms with Crippen molar-refractivity contribution in [2.75, 3.05) is 5.32 Å². The summed E-state index contributed by atoms with van der Waals surface area (Å²) in [7, 11) is 0. The van der Waals surface area contributed by atoms with Crippen LogP contribution in [0.15, 0.2) is 36.4 Å². The monoisotopic (exact) mass is 371 g/mol. The highest BCUT2D eigenvalue weighted by atomic mass is 16.6. The van der Waals surface area contributed by atoms with Gasteiger partial charge in [-0.25, -0.2) is 4.79 Å². The Morgan fingerprint density at radius 3 is 2.67 bits per heavy atom. The molecular formula is C20H25N3O4. The summed E-state index contributed by atoms with van der Waals surface area (Å²) in [5.41, 5.74) is 0.633. The molecular weight excluding hydrogens is 346 g/mol. The summed E-state index contributed by atoms with van der Waals surface area (Å²) in [6.07, 6.45) is 4.02. The Labute approximate surface area is 158 Å². The molecule has 1 heterocycles. The van der Waals surface area contributed by atoms with Crippen molar-refractivity contribution in [3.63, 3.8) is 0 Å². The van der Waals surface area contributed by atoms with Crippen LogP contribution in [-0.2, 0) is 19.1 Å². The van der Waals surface area contributed by atoms with E-state index in [0.717, 1.165) is 0 Å². The number of para-hydroxylation sites is 1. The van der Waals surface area contributed by atoms with Gasteiger partial charge in [-0.15, -0.1) is 0 Å². The van der Waals surface area contributed by atoms with Crippen LogP contribution in [-0.4, -0.2) is 35.1 Å². The molecule has 7 nitrogen and oxygen atoms in total. The number of carbonyl (C=O) groups excluding carboxylic acids is 3. The minimum Gasteiger partial charge on any atom is -0.457 e. The lowest BCUT2D eigenvalue weighted by Gasteiger charge is -2.19. The molecule has 1 aliphatic rings. The van der Waals surface area contributed by atoms with Crippen LogP contribution in [0.5, 0.6) is 0 Å². The second kappa shape index (κ2) is 8.62. The number of hydrogen-bond acceptors (Lipinski definition) is 6. The highest BCUT2D eigenvalue weighted by Gasteiger charge is 2.24. The Morgan fingerprint density at radius 2 is 1.96 bits per heavy atom. The van der Waals surface area contributed by atoms with Gasteiger partial charge in [-0.2, -0.15) is 0 Å². The van der Waals surface area contributed by atoms with Crippen molar-refractivity contribution < 1.29 is 19.1 Å². The van der Waals surface area contributed by atoms with Gasteiger partial charge in [-0.05, 0) is 45.8 Å². The summed E-state index contributed by atoms with van der Waals surface area (Å²) >= 11 is 0. The molecule has 1 aromatic carbocycles. The van der Waals surface area contributed by atoms with Crippen molar-refractivity contribution in [2.45, 2.75) is 51.7 Å². The zero-order chi connectivity index (χ0) is 20.0. The molecule has 144 valence electrons. The molecule has 1 atom stereocenters. The maximum absolute atomic E-state index is 12.1. The average Bonchev–Trinajstić information content (AvgIpc) is 2.72. The molecule has 1 fully saturated rings. The molecule has 3 N–H and O–H groups in total. The van der Waals surface area contributed by atoms with Crippen LogP contribution >= 0.6 is 0 Å². The minimum atomic E-state index is -0.604. The first-order valence-electron chi connectivity index (χ1n) is 8.85. The van der Waals surface area contributed by atoms with E-state index in [4.69, 9.17) is 10.1 Å². The summed E-state index contributed by atoms with van der Waals surface area (Å²) in [5, 5.41) is 13.7. The second-order valence-electron chi connectivity index (χ2n) is 7.33. The van der Waals surface area contributed by atoms with Crippen molar-refractivity contribution in [2.24, 2.45) is 0 Å². The van der Waals surface area contributed by atoms with Gasteiger partial charge >= 0.3 is 5.97 Å². The number of anilines is 1.